The third kappa shape index (κ3) is 9.69. The van der Waals surface area contributed by atoms with Crippen molar-refractivity contribution in [3.8, 4) is 55.6 Å². The summed E-state index contributed by atoms with van der Waals surface area (Å²) in [5.41, 5.74) is 15.3. The van der Waals surface area contributed by atoms with Crippen molar-refractivity contribution in [3.63, 3.8) is 0 Å². The normalized spacial score (nSPS) is 12.8. The smallest absolute Gasteiger partial charge is 0.155 e. The van der Waals surface area contributed by atoms with Crippen LogP contribution in [0.25, 0.3) is 77.2 Å². The Morgan fingerprint density at radius 3 is 1.19 bits per heavy atom. The number of anilines is 6. The molecule has 12 aromatic carbocycles. The van der Waals surface area contributed by atoms with Gasteiger partial charge in [0.2, 0.25) is 0 Å². The molecule has 0 heterocycles. The first-order valence-electron chi connectivity index (χ1n) is 28.9. The first kappa shape index (κ1) is 53.4. The van der Waals surface area contributed by atoms with Crippen molar-refractivity contribution in [3.05, 3.63) is 278 Å². The highest BCUT2D eigenvalue weighted by Crippen LogP contribution is 2.53. The Bertz CT molecular complexity index is 4420. The van der Waals surface area contributed by atoms with Gasteiger partial charge in [0, 0.05) is 39.3 Å². The van der Waals surface area contributed by atoms with E-state index in [9.17, 15) is 0 Å². The molecular weight excluding hydrogens is 1050 g/mol. The summed E-state index contributed by atoms with van der Waals surface area (Å²) in [6.07, 6.45) is 0. The van der Waals surface area contributed by atoms with Crippen molar-refractivity contribution in [1.29, 1.82) is 0 Å². The molecule has 0 bridgehead atoms. The molecule has 0 fully saturated rings. The van der Waals surface area contributed by atoms with Crippen LogP contribution in [0.3, 0.4) is 0 Å². The topological polar surface area (TPSA) is 6.48 Å². The van der Waals surface area contributed by atoms with Crippen LogP contribution >= 0.6 is 0 Å². The second-order valence-corrected chi connectivity index (χ2v) is 35.0. The van der Waals surface area contributed by atoms with Crippen LogP contribution in [0.2, 0.25) is 39.3 Å². The molecule has 0 aromatic heterocycles. The standard InChI is InChI=1S/C77H66F2N2Si2/c1-77(2)70-31-21-30-65-66-49-60(80(58-34-39-62(40-35-58)82(3,4)5)72-47-56(51-22-13-9-14-23-51)45-67(75(72)78)53-26-17-11-18-27-53)33-32-55(66)44-69(74(65)70)64-43-38-61(50-71(64)77)81(59-36-41-63(42-37-59)83(6,7)8)73-48-57(52-24-15-10-16-25-52)46-68(76(73)79)54-28-19-12-20-29-54/h9-50H,1-8H3. The first-order valence-corrected chi connectivity index (χ1v) is 35.9. The zero-order valence-electron chi connectivity index (χ0n) is 48.4. The summed E-state index contributed by atoms with van der Waals surface area (Å²) in [5, 5.41) is 7.17. The Kier molecular flexibility index (Phi) is 13.4. The van der Waals surface area contributed by atoms with Gasteiger partial charge in [0.1, 0.15) is 0 Å². The zero-order valence-corrected chi connectivity index (χ0v) is 50.4. The van der Waals surface area contributed by atoms with E-state index in [0.717, 1.165) is 89.0 Å². The number of halogens is 2. The maximum Gasteiger partial charge on any atom is 0.155 e. The minimum Gasteiger partial charge on any atom is -0.308 e. The fourth-order valence-electron chi connectivity index (χ4n) is 12.5. The highest BCUT2D eigenvalue weighted by molar-refractivity contribution is 6.89. The zero-order chi connectivity index (χ0) is 57.4. The summed E-state index contributed by atoms with van der Waals surface area (Å²) in [6, 6.07) is 88.4. The molecule has 1 aliphatic rings. The lowest BCUT2D eigenvalue weighted by atomic mass is 9.68. The van der Waals surface area contributed by atoms with Crippen molar-refractivity contribution < 1.29 is 8.78 Å². The molecule has 0 atom stereocenters. The summed E-state index contributed by atoms with van der Waals surface area (Å²) in [6.45, 7) is 18.8. The summed E-state index contributed by atoms with van der Waals surface area (Å²) in [5.74, 6) is -0.571. The van der Waals surface area contributed by atoms with Gasteiger partial charge in [0.05, 0.1) is 27.5 Å². The van der Waals surface area contributed by atoms with Crippen LogP contribution in [0.1, 0.15) is 25.0 Å². The molecular formula is C77H66F2N2Si2. The fraction of sp³-hybridized carbons (Fsp3) is 0.117. The highest BCUT2D eigenvalue weighted by Gasteiger charge is 2.36. The number of fused-ring (bicyclic) bond motifs is 4. The molecule has 0 N–H and O–H groups in total. The summed E-state index contributed by atoms with van der Waals surface area (Å²) >= 11 is 0. The van der Waals surface area contributed by atoms with E-state index >= 15 is 8.78 Å². The van der Waals surface area contributed by atoms with Crippen molar-refractivity contribution in [2.75, 3.05) is 9.80 Å². The number of hydrogen-bond acceptors (Lipinski definition) is 2. The van der Waals surface area contributed by atoms with E-state index in [-0.39, 0.29) is 11.6 Å². The van der Waals surface area contributed by atoms with Gasteiger partial charge < -0.3 is 9.80 Å². The van der Waals surface area contributed by atoms with Gasteiger partial charge >= 0.3 is 0 Å². The molecule has 13 rings (SSSR count). The molecule has 12 aromatic rings. The van der Waals surface area contributed by atoms with Crippen molar-refractivity contribution >= 4 is 82.2 Å². The third-order valence-electron chi connectivity index (χ3n) is 17.1. The quantitative estimate of drug-likeness (QED) is 0.0889. The highest BCUT2D eigenvalue weighted by atomic mass is 28.3. The molecule has 406 valence electrons. The van der Waals surface area contributed by atoms with E-state index in [1.807, 2.05) is 121 Å². The lowest BCUT2D eigenvalue weighted by Gasteiger charge is -2.37. The lowest BCUT2D eigenvalue weighted by Crippen LogP contribution is -2.37. The Morgan fingerprint density at radius 2 is 0.735 bits per heavy atom. The molecule has 2 nitrogen and oxygen atoms in total. The van der Waals surface area contributed by atoms with Gasteiger partial charge in [-0.15, -0.1) is 0 Å². The van der Waals surface area contributed by atoms with Crippen LogP contribution in [-0.2, 0) is 5.41 Å². The van der Waals surface area contributed by atoms with Crippen LogP contribution < -0.4 is 20.2 Å². The summed E-state index contributed by atoms with van der Waals surface area (Å²) in [7, 11) is -3.34. The van der Waals surface area contributed by atoms with Crippen molar-refractivity contribution in [1.82, 2.24) is 0 Å². The van der Waals surface area contributed by atoms with Gasteiger partial charge in [0.15, 0.2) is 11.6 Å². The van der Waals surface area contributed by atoms with Crippen LogP contribution in [0.15, 0.2) is 255 Å². The monoisotopic (exact) mass is 1110 g/mol. The van der Waals surface area contributed by atoms with Gasteiger partial charge in [-0.1, -0.05) is 239 Å². The van der Waals surface area contributed by atoms with Crippen molar-refractivity contribution in [2.24, 2.45) is 0 Å². The van der Waals surface area contributed by atoms with Crippen LogP contribution in [0, 0.1) is 11.6 Å². The SMILES string of the molecule is CC1(C)c2cc(N(c3ccc([Si](C)(C)C)cc3)c3cc(-c4ccccc4)cc(-c4ccccc4)c3F)ccc2-c2cc3ccc(N(c4ccc([Si](C)(C)C)cc4)c4cc(-c5ccccc5)cc(-c5ccccc5)c4F)cc3c3cccc1c23. The molecule has 0 saturated heterocycles. The molecule has 0 saturated carbocycles. The van der Waals surface area contributed by atoms with Crippen LogP contribution in [0.4, 0.5) is 42.9 Å². The van der Waals surface area contributed by atoms with E-state index < -0.39 is 21.6 Å². The maximum atomic E-state index is 18.0. The predicted octanol–water partition coefficient (Wildman–Crippen LogP) is 21.3. The van der Waals surface area contributed by atoms with E-state index in [2.05, 4.69) is 196 Å². The maximum absolute atomic E-state index is 18.0. The van der Waals surface area contributed by atoms with E-state index in [1.54, 1.807) is 0 Å². The molecule has 0 unspecified atom stereocenters. The first-order chi connectivity index (χ1) is 40.0. The molecule has 0 radical (unpaired) electrons. The third-order valence-corrected chi connectivity index (χ3v) is 21.2. The van der Waals surface area contributed by atoms with Gasteiger partial charge in [-0.05, 0) is 156 Å². The Balaban J connectivity index is 0.999. The van der Waals surface area contributed by atoms with Crippen LogP contribution in [0.5, 0.6) is 0 Å². The number of benzene rings is 12. The van der Waals surface area contributed by atoms with Gasteiger partial charge in [-0.25, -0.2) is 8.78 Å². The van der Waals surface area contributed by atoms with Gasteiger partial charge in [-0.2, -0.15) is 0 Å². The average molecular weight is 1110 g/mol. The molecule has 0 spiro atoms. The van der Waals surface area contributed by atoms with Gasteiger partial charge in [0.25, 0.3) is 0 Å². The molecule has 1 aliphatic carbocycles. The predicted molar refractivity (Wildman–Crippen MR) is 356 cm³/mol. The fourth-order valence-corrected chi connectivity index (χ4v) is 14.8. The Labute approximate surface area is 489 Å². The number of hydrogen-bond donors (Lipinski definition) is 0. The minimum absolute atomic E-state index is 0.284. The van der Waals surface area contributed by atoms with E-state index in [4.69, 9.17) is 0 Å². The molecule has 6 heteroatoms. The second kappa shape index (κ2) is 20.8. The van der Waals surface area contributed by atoms with E-state index in [0.29, 0.717) is 22.5 Å². The second-order valence-electron chi connectivity index (χ2n) is 24.9. The minimum atomic E-state index is -1.67. The Morgan fingerprint density at radius 1 is 0.313 bits per heavy atom. The molecule has 0 amide bonds. The van der Waals surface area contributed by atoms with E-state index in [1.165, 1.54) is 21.3 Å². The summed E-state index contributed by atoms with van der Waals surface area (Å²) in [4.78, 5) is 4.24. The molecule has 83 heavy (non-hydrogen) atoms. The molecule has 0 aliphatic heterocycles. The Hall–Kier alpha value is -8.95. The van der Waals surface area contributed by atoms with Crippen molar-refractivity contribution in [2.45, 2.75) is 58.5 Å². The number of nitrogens with zero attached hydrogens (tertiary/aromatic N) is 2. The van der Waals surface area contributed by atoms with Gasteiger partial charge in [-0.3, -0.25) is 0 Å². The van der Waals surface area contributed by atoms with Crippen LogP contribution in [-0.4, -0.2) is 16.1 Å². The number of rotatable bonds is 12. The lowest BCUT2D eigenvalue weighted by molar-refractivity contribution is 0.632. The average Bonchev–Trinajstić information content (AvgIpc) is 1.18. The summed E-state index contributed by atoms with van der Waals surface area (Å²) < 4.78 is 36.0. The largest absolute Gasteiger partial charge is 0.308 e.